The first-order chi connectivity index (χ1) is 17.5. The van der Waals surface area contributed by atoms with Gasteiger partial charge in [0.05, 0.1) is 13.2 Å². The fourth-order valence-electron chi connectivity index (χ4n) is 4.66. The van der Waals surface area contributed by atoms with Crippen LogP contribution in [0.25, 0.3) is 10.9 Å². The molecule has 0 fully saturated rings. The molecular weight excluding hydrogens is 450 g/mol. The van der Waals surface area contributed by atoms with Crippen LogP contribution in [0.3, 0.4) is 0 Å². The highest BCUT2D eigenvalue weighted by Gasteiger charge is 2.25. The second-order valence-corrected chi connectivity index (χ2v) is 9.27. The van der Waals surface area contributed by atoms with Gasteiger partial charge in [-0.25, -0.2) is 0 Å². The summed E-state index contributed by atoms with van der Waals surface area (Å²) in [5.41, 5.74) is 3.33. The molecule has 1 N–H and O–H groups in total. The number of amides is 2. The molecule has 0 aliphatic heterocycles. The van der Waals surface area contributed by atoms with Gasteiger partial charge in [-0.1, -0.05) is 51.1 Å². The Morgan fingerprint density at radius 1 is 0.917 bits per heavy atom. The number of aromatic amines is 1. The lowest BCUT2D eigenvalue weighted by Gasteiger charge is -2.29. The molecule has 0 atom stereocenters. The van der Waals surface area contributed by atoms with Gasteiger partial charge in [0.25, 0.3) is 0 Å². The number of hydrogen-bond donors (Lipinski definition) is 1. The Labute approximate surface area is 215 Å². The number of rotatable bonds is 14. The topological polar surface area (TPSA) is 65.6 Å². The lowest BCUT2D eigenvalue weighted by molar-refractivity contribution is -0.143. The highest BCUT2D eigenvalue weighted by molar-refractivity contribution is 5.86. The molecule has 6 nitrogen and oxygen atoms in total. The van der Waals surface area contributed by atoms with Crippen LogP contribution >= 0.6 is 0 Å². The summed E-state index contributed by atoms with van der Waals surface area (Å²) in [5, 5.41) is 1.18. The van der Waals surface area contributed by atoms with E-state index in [-0.39, 0.29) is 24.3 Å². The summed E-state index contributed by atoms with van der Waals surface area (Å²) in [7, 11) is 0. The first kappa shape index (κ1) is 27.3. The number of nitrogens with zero attached hydrogens (tertiary/aromatic N) is 2. The van der Waals surface area contributed by atoms with Gasteiger partial charge in [0.2, 0.25) is 11.8 Å². The van der Waals surface area contributed by atoms with Crippen molar-refractivity contribution in [3.63, 3.8) is 0 Å². The van der Waals surface area contributed by atoms with Crippen LogP contribution < -0.4 is 4.74 Å². The molecule has 0 radical (unpaired) electrons. The van der Waals surface area contributed by atoms with E-state index in [4.69, 9.17) is 4.74 Å². The van der Waals surface area contributed by atoms with Crippen molar-refractivity contribution in [2.45, 2.75) is 59.9 Å². The Hall–Kier alpha value is -3.28. The van der Waals surface area contributed by atoms with Crippen molar-refractivity contribution >= 4 is 22.7 Å². The summed E-state index contributed by atoms with van der Waals surface area (Å²) in [4.78, 5) is 33.7. The fraction of sp³-hybridized carbons (Fsp3) is 0.467. The molecule has 0 bridgehead atoms. The van der Waals surface area contributed by atoms with Gasteiger partial charge in [-0.3, -0.25) is 9.59 Å². The van der Waals surface area contributed by atoms with E-state index in [1.165, 1.54) is 10.9 Å². The minimum Gasteiger partial charge on any atom is -0.494 e. The summed E-state index contributed by atoms with van der Waals surface area (Å²) in [6, 6.07) is 16.1. The number of aromatic nitrogens is 1. The number of fused-ring (bicyclic) bond motifs is 1. The van der Waals surface area contributed by atoms with Crippen molar-refractivity contribution in [1.82, 2.24) is 14.8 Å². The summed E-state index contributed by atoms with van der Waals surface area (Å²) in [6.07, 6.45) is 5.18. The van der Waals surface area contributed by atoms with Gasteiger partial charge in [0.15, 0.2) is 0 Å². The quantitative estimate of drug-likeness (QED) is 0.309. The van der Waals surface area contributed by atoms with Crippen LogP contribution in [-0.4, -0.2) is 52.8 Å². The molecule has 0 spiro atoms. The number of hydrogen-bond acceptors (Lipinski definition) is 3. The van der Waals surface area contributed by atoms with Gasteiger partial charge < -0.3 is 19.5 Å². The molecule has 0 unspecified atom stereocenters. The van der Waals surface area contributed by atoms with Gasteiger partial charge in [-0.15, -0.1) is 0 Å². The Morgan fingerprint density at radius 3 is 2.31 bits per heavy atom. The molecular formula is C30H41N3O3. The molecule has 6 heteroatoms. The lowest BCUT2D eigenvalue weighted by Crippen LogP contribution is -2.45. The second kappa shape index (κ2) is 13.7. The first-order valence-electron chi connectivity index (χ1n) is 13.3. The molecule has 0 saturated carbocycles. The number of nitrogens with one attached hydrogen (secondary N) is 1. The Kier molecular flexibility index (Phi) is 10.4. The van der Waals surface area contributed by atoms with Crippen molar-refractivity contribution in [2.75, 3.05) is 26.2 Å². The van der Waals surface area contributed by atoms with Gasteiger partial charge in [-0.05, 0) is 61.9 Å². The fourth-order valence-corrected chi connectivity index (χ4v) is 4.66. The van der Waals surface area contributed by atoms with E-state index in [1.807, 2.05) is 75.2 Å². The molecule has 1 heterocycles. The summed E-state index contributed by atoms with van der Waals surface area (Å²) in [6.45, 7) is 10.5. The maximum absolute atomic E-state index is 13.6. The van der Waals surface area contributed by atoms with E-state index in [1.54, 1.807) is 4.90 Å². The average Bonchev–Trinajstić information content (AvgIpc) is 3.31. The number of H-pyrrole nitrogens is 1. The van der Waals surface area contributed by atoms with Crippen molar-refractivity contribution in [1.29, 1.82) is 0 Å². The van der Waals surface area contributed by atoms with Crippen LogP contribution in [0.2, 0.25) is 0 Å². The summed E-state index contributed by atoms with van der Waals surface area (Å²) in [5.74, 6) is 0.863. The number of benzene rings is 2. The van der Waals surface area contributed by atoms with Crippen molar-refractivity contribution in [3.8, 4) is 5.75 Å². The van der Waals surface area contributed by atoms with Crippen LogP contribution in [0.4, 0.5) is 0 Å². The number of ether oxygens (including phenoxy) is 1. The third-order valence-electron chi connectivity index (χ3n) is 6.75. The van der Waals surface area contributed by atoms with Crippen molar-refractivity contribution in [3.05, 3.63) is 65.9 Å². The van der Waals surface area contributed by atoms with Crippen molar-refractivity contribution in [2.24, 2.45) is 5.92 Å². The van der Waals surface area contributed by atoms with Crippen LogP contribution in [0.15, 0.2) is 54.7 Å². The van der Waals surface area contributed by atoms with Crippen LogP contribution in [0.1, 0.15) is 58.1 Å². The standard InChI is InChI=1S/C30H41N3O3/c1-5-18-33(30(35)24(6-2)7-3)22-29(34)32(21-23-13-15-26(16-14-23)36-8-4)19-17-25-20-31-28-12-10-9-11-27(25)28/h9-16,20,24,31H,5-8,17-19,21-22H2,1-4H3. The van der Waals surface area contributed by atoms with E-state index >= 15 is 0 Å². The number of carbonyl (C=O) groups excluding carboxylic acids is 2. The third-order valence-corrected chi connectivity index (χ3v) is 6.75. The number of carbonyl (C=O) groups is 2. The molecule has 194 valence electrons. The van der Waals surface area contributed by atoms with E-state index < -0.39 is 0 Å². The minimum absolute atomic E-state index is 0.0171. The molecule has 1 aromatic heterocycles. The van der Waals surface area contributed by atoms with Crippen LogP contribution in [0.5, 0.6) is 5.75 Å². The largest absolute Gasteiger partial charge is 0.494 e. The van der Waals surface area contributed by atoms with E-state index in [2.05, 4.69) is 17.1 Å². The first-order valence-corrected chi connectivity index (χ1v) is 13.3. The number of para-hydroxylation sites is 1. The summed E-state index contributed by atoms with van der Waals surface area (Å²) < 4.78 is 5.57. The Morgan fingerprint density at radius 2 is 1.64 bits per heavy atom. The van der Waals surface area contributed by atoms with Crippen LogP contribution in [0, 0.1) is 5.92 Å². The molecule has 3 aromatic rings. The lowest BCUT2D eigenvalue weighted by atomic mass is 10.0. The highest BCUT2D eigenvalue weighted by atomic mass is 16.5. The Balaban J connectivity index is 1.79. The van der Waals surface area contributed by atoms with Gasteiger partial charge >= 0.3 is 0 Å². The van der Waals surface area contributed by atoms with E-state index in [0.29, 0.717) is 26.2 Å². The zero-order chi connectivity index (χ0) is 25.9. The maximum atomic E-state index is 13.6. The van der Waals surface area contributed by atoms with Crippen molar-refractivity contribution < 1.29 is 14.3 Å². The molecule has 3 rings (SSSR count). The molecule has 2 aromatic carbocycles. The zero-order valence-electron chi connectivity index (χ0n) is 22.3. The van der Waals surface area contributed by atoms with Crippen LogP contribution in [-0.2, 0) is 22.6 Å². The molecule has 2 amide bonds. The minimum atomic E-state index is -0.0323. The SMILES string of the molecule is CCCN(CC(=O)N(CCc1c[nH]c2ccccc12)Cc1ccc(OCC)cc1)C(=O)C(CC)CC. The normalized spacial score (nSPS) is 11.1. The third kappa shape index (κ3) is 7.12. The summed E-state index contributed by atoms with van der Waals surface area (Å²) >= 11 is 0. The highest BCUT2D eigenvalue weighted by Crippen LogP contribution is 2.20. The Bertz CT molecular complexity index is 1100. The second-order valence-electron chi connectivity index (χ2n) is 9.27. The molecule has 0 aliphatic carbocycles. The van der Waals surface area contributed by atoms with Gasteiger partial charge in [0.1, 0.15) is 5.75 Å². The monoisotopic (exact) mass is 491 g/mol. The maximum Gasteiger partial charge on any atom is 0.242 e. The van der Waals surface area contributed by atoms with Gasteiger partial charge in [-0.2, -0.15) is 0 Å². The van der Waals surface area contributed by atoms with E-state index in [9.17, 15) is 9.59 Å². The smallest absolute Gasteiger partial charge is 0.242 e. The van der Waals surface area contributed by atoms with Gasteiger partial charge in [0, 0.05) is 42.7 Å². The molecule has 36 heavy (non-hydrogen) atoms. The van der Waals surface area contributed by atoms with E-state index in [0.717, 1.165) is 42.5 Å². The molecule has 0 saturated heterocycles. The average molecular weight is 492 g/mol. The predicted octanol–water partition coefficient (Wildman–Crippen LogP) is 5.81. The zero-order valence-corrected chi connectivity index (χ0v) is 22.3. The molecule has 0 aliphatic rings. The predicted molar refractivity (Wildman–Crippen MR) is 146 cm³/mol.